The predicted molar refractivity (Wildman–Crippen MR) is 105 cm³/mol. The van der Waals surface area contributed by atoms with E-state index in [4.69, 9.17) is 11.6 Å². The Morgan fingerprint density at radius 3 is 2.59 bits per heavy atom. The van der Waals surface area contributed by atoms with Gasteiger partial charge in [0.2, 0.25) is 5.91 Å². The number of carbonyl (C=O) groups excluding carboxylic acids is 1. The highest BCUT2D eigenvalue weighted by Gasteiger charge is 2.34. The number of nitrogens with zero attached hydrogens (tertiary/aromatic N) is 4. The molecule has 11 heteroatoms. The van der Waals surface area contributed by atoms with Gasteiger partial charge in [-0.2, -0.15) is 13.2 Å². The molecule has 2 heterocycles. The summed E-state index contributed by atoms with van der Waals surface area (Å²) in [6.07, 6.45) is -1.37. The minimum absolute atomic E-state index is 0.0654. The predicted octanol–water partition coefficient (Wildman–Crippen LogP) is 4.76. The van der Waals surface area contributed by atoms with E-state index in [9.17, 15) is 18.0 Å². The zero-order chi connectivity index (χ0) is 21.0. The Kier molecular flexibility index (Phi) is 6.43. The number of aromatic nitrogens is 4. The first kappa shape index (κ1) is 21.1. The van der Waals surface area contributed by atoms with Crippen molar-refractivity contribution in [1.82, 2.24) is 19.7 Å². The van der Waals surface area contributed by atoms with Crippen molar-refractivity contribution in [2.24, 2.45) is 0 Å². The quantitative estimate of drug-likeness (QED) is 0.558. The highest BCUT2D eigenvalue weighted by molar-refractivity contribution is 7.99. The number of carbonyl (C=O) groups is 1. The molecule has 6 nitrogen and oxygen atoms in total. The zero-order valence-electron chi connectivity index (χ0n) is 15.1. The second-order valence-electron chi connectivity index (χ2n) is 5.81. The molecule has 1 amide bonds. The number of halogens is 4. The van der Waals surface area contributed by atoms with Crippen LogP contribution in [0.2, 0.25) is 5.02 Å². The average molecular weight is 442 g/mol. The Balaban J connectivity index is 1.72. The fraction of sp³-hybridized carbons (Fsp3) is 0.222. The van der Waals surface area contributed by atoms with E-state index in [1.54, 1.807) is 24.5 Å². The van der Waals surface area contributed by atoms with E-state index < -0.39 is 17.6 Å². The number of alkyl halides is 3. The minimum Gasteiger partial charge on any atom is -0.325 e. The monoisotopic (exact) mass is 441 g/mol. The maximum atomic E-state index is 13.2. The molecule has 152 valence electrons. The largest absolute Gasteiger partial charge is 0.418 e. The van der Waals surface area contributed by atoms with Crippen LogP contribution in [0, 0.1) is 0 Å². The van der Waals surface area contributed by atoms with Crippen molar-refractivity contribution in [3.8, 4) is 11.4 Å². The summed E-state index contributed by atoms with van der Waals surface area (Å²) in [4.78, 5) is 16.2. The molecule has 0 spiro atoms. The number of amides is 1. The molecule has 0 bridgehead atoms. The smallest absolute Gasteiger partial charge is 0.325 e. The molecule has 0 saturated heterocycles. The molecule has 1 N–H and O–H groups in total. The van der Waals surface area contributed by atoms with Crippen LogP contribution in [0.3, 0.4) is 0 Å². The third-order valence-corrected chi connectivity index (χ3v) is 5.07. The van der Waals surface area contributed by atoms with Crippen molar-refractivity contribution in [3.05, 3.63) is 53.3 Å². The third-order valence-electron chi connectivity index (χ3n) is 3.87. The van der Waals surface area contributed by atoms with Gasteiger partial charge in [-0.25, -0.2) is 0 Å². The first-order valence-electron chi connectivity index (χ1n) is 8.42. The summed E-state index contributed by atoms with van der Waals surface area (Å²) in [5.41, 5.74) is -0.524. The van der Waals surface area contributed by atoms with Crippen molar-refractivity contribution in [1.29, 1.82) is 0 Å². The Labute approximate surface area is 173 Å². The van der Waals surface area contributed by atoms with Gasteiger partial charge >= 0.3 is 6.18 Å². The summed E-state index contributed by atoms with van der Waals surface area (Å²) in [6.45, 7) is 2.46. The minimum atomic E-state index is -4.64. The maximum absolute atomic E-state index is 13.2. The first-order chi connectivity index (χ1) is 13.8. The molecule has 0 unspecified atom stereocenters. The van der Waals surface area contributed by atoms with E-state index in [0.29, 0.717) is 17.5 Å². The van der Waals surface area contributed by atoms with Crippen LogP contribution >= 0.6 is 23.4 Å². The van der Waals surface area contributed by atoms with Gasteiger partial charge in [-0.15, -0.1) is 10.2 Å². The van der Waals surface area contributed by atoms with E-state index >= 15 is 0 Å². The molecule has 0 saturated carbocycles. The third kappa shape index (κ3) is 5.07. The molecule has 1 aromatic carbocycles. The summed E-state index contributed by atoms with van der Waals surface area (Å²) in [5, 5.41) is 10.9. The second-order valence-corrected chi connectivity index (χ2v) is 7.19. The van der Waals surface area contributed by atoms with Crippen LogP contribution in [0.25, 0.3) is 11.4 Å². The van der Waals surface area contributed by atoms with Crippen molar-refractivity contribution >= 4 is 35.0 Å². The fourth-order valence-corrected chi connectivity index (χ4v) is 3.55. The Morgan fingerprint density at radius 1 is 1.21 bits per heavy atom. The molecule has 0 aliphatic carbocycles. The SMILES string of the molecule is CCn1c(SCC(=O)Nc2ccc(Cl)cc2C(F)(F)F)nnc1-c1ccncc1. The lowest BCUT2D eigenvalue weighted by molar-refractivity contribution is -0.137. The topological polar surface area (TPSA) is 72.7 Å². The molecule has 0 aliphatic heterocycles. The van der Waals surface area contributed by atoms with Gasteiger partial charge < -0.3 is 9.88 Å². The Bertz CT molecular complexity index is 1010. The number of thioether (sulfide) groups is 1. The van der Waals surface area contributed by atoms with Crippen LogP contribution in [0.1, 0.15) is 12.5 Å². The van der Waals surface area contributed by atoms with Crippen molar-refractivity contribution in [2.45, 2.75) is 24.8 Å². The summed E-state index contributed by atoms with van der Waals surface area (Å²) in [6, 6.07) is 6.77. The number of pyridine rings is 1. The summed E-state index contributed by atoms with van der Waals surface area (Å²) in [5.74, 6) is -0.109. The summed E-state index contributed by atoms with van der Waals surface area (Å²) < 4.78 is 41.3. The van der Waals surface area contributed by atoms with Gasteiger partial charge in [0.25, 0.3) is 0 Å². The van der Waals surface area contributed by atoms with Gasteiger partial charge in [-0.1, -0.05) is 23.4 Å². The van der Waals surface area contributed by atoms with Crippen molar-refractivity contribution in [3.63, 3.8) is 0 Å². The fourth-order valence-electron chi connectivity index (χ4n) is 2.57. The highest BCUT2D eigenvalue weighted by atomic mass is 35.5. The van der Waals surface area contributed by atoms with E-state index in [0.717, 1.165) is 29.5 Å². The van der Waals surface area contributed by atoms with E-state index in [1.165, 1.54) is 6.07 Å². The van der Waals surface area contributed by atoms with Gasteiger partial charge in [0.1, 0.15) is 0 Å². The normalized spacial score (nSPS) is 11.5. The van der Waals surface area contributed by atoms with Crippen LogP contribution in [-0.4, -0.2) is 31.4 Å². The van der Waals surface area contributed by atoms with Gasteiger partial charge in [0.05, 0.1) is 17.0 Å². The molecule has 0 fully saturated rings. The van der Waals surface area contributed by atoms with Crippen LogP contribution in [0.5, 0.6) is 0 Å². The highest BCUT2D eigenvalue weighted by Crippen LogP contribution is 2.36. The number of anilines is 1. The van der Waals surface area contributed by atoms with Gasteiger partial charge in [0, 0.05) is 29.5 Å². The molecule has 3 aromatic rings. The van der Waals surface area contributed by atoms with Crippen molar-refractivity contribution < 1.29 is 18.0 Å². The first-order valence-corrected chi connectivity index (χ1v) is 9.79. The van der Waals surface area contributed by atoms with Gasteiger partial charge in [-0.05, 0) is 37.3 Å². The molecule has 3 rings (SSSR count). The molecular weight excluding hydrogens is 427 g/mol. The van der Waals surface area contributed by atoms with Crippen LogP contribution in [-0.2, 0) is 17.5 Å². The summed E-state index contributed by atoms with van der Waals surface area (Å²) in [7, 11) is 0. The Hall–Kier alpha value is -2.59. The number of rotatable bonds is 6. The van der Waals surface area contributed by atoms with Crippen LogP contribution in [0.4, 0.5) is 18.9 Å². The van der Waals surface area contributed by atoms with Crippen LogP contribution in [0.15, 0.2) is 47.9 Å². The molecule has 0 atom stereocenters. The van der Waals surface area contributed by atoms with Crippen molar-refractivity contribution in [2.75, 3.05) is 11.1 Å². The summed E-state index contributed by atoms with van der Waals surface area (Å²) >= 11 is 6.73. The average Bonchev–Trinajstić information content (AvgIpc) is 3.10. The zero-order valence-corrected chi connectivity index (χ0v) is 16.6. The molecular formula is C18H15ClF3N5OS. The lowest BCUT2D eigenvalue weighted by atomic mass is 10.1. The van der Waals surface area contributed by atoms with E-state index in [2.05, 4.69) is 20.5 Å². The lowest BCUT2D eigenvalue weighted by Crippen LogP contribution is -2.18. The lowest BCUT2D eigenvalue weighted by Gasteiger charge is -2.14. The molecule has 0 radical (unpaired) electrons. The Morgan fingerprint density at radius 2 is 1.93 bits per heavy atom. The van der Waals surface area contributed by atoms with E-state index in [-0.39, 0.29) is 16.5 Å². The second kappa shape index (κ2) is 8.83. The molecule has 29 heavy (non-hydrogen) atoms. The number of benzene rings is 1. The van der Waals surface area contributed by atoms with Gasteiger partial charge in [-0.3, -0.25) is 9.78 Å². The van der Waals surface area contributed by atoms with Crippen LogP contribution < -0.4 is 5.32 Å². The number of hydrogen-bond donors (Lipinski definition) is 1. The molecule has 0 aliphatic rings. The van der Waals surface area contributed by atoms with E-state index in [1.807, 2.05) is 11.5 Å². The van der Waals surface area contributed by atoms with Gasteiger partial charge in [0.15, 0.2) is 11.0 Å². The number of hydrogen-bond acceptors (Lipinski definition) is 5. The standard InChI is InChI=1S/C18H15ClF3N5OS/c1-2-27-16(11-5-7-23-8-6-11)25-26-17(27)29-10-15(28)24-14-4-3-12(19)9-13(14)18(20,21)22/h3-9H,2,10H2,1H3,(H,24,28). The maximum Gasteiger partial charge on any atom is 0.418 e. The molecule has 2 aromatic heterocycles. The number of nitrogens with one attached hydrogen (secondary N) is 1.